The van der Waals surface area contributed by atoms with Crippen molar-refractivity contribution in [1.82, 2.24) is 9.97 Å². The SMILES string of the molecule is CCC(=O)Cc1cccc(C(=O)c2ncc(Cl)cc2NCc2ccc(C)c(C(F)(F)F)c2)c1Cl.COCN(Cc1ccc(C)c(C(F)(F)F)c1)c1cc(Cl)cnc1Br.O=Cc1cccc([N+](=O)[O-])c1Cl. The number of benzene rings is 4. The number of rotatable bonds is 15. The number of hydrogen-bond donors (Lipinski definition) is 1. The average molecular weight is 1120 g/mol. The number of nitrogens with one attached hydrogen (secondary N) is 1. The molecule has 22 heteroatoms. The molecule has 11 nitrogen and oxygen atoms in total. The lowest BCUT2D eigenvalue weighted by atomic mass is 10.00. The van der Waals surface area contributed by atoms with Crippen molar-refractivity contribution in [2.45, 2.75) is 59.1 Å². The van der Waals surface area contributed by atoms with Crippen LogP contribution in [0.3, 0.4) is 0 Å². The van der Waals surface area contributed by atoms with Crippen molar-refractivity contribution >= 4 is 97.2 Å². The molecule has 6 aromatic rings. The number of aldehydes is 1. The summed E-state index contributed by atoms with van der Waals surface area (Å²) in [6.45, 7) is 4.98. The van der Waals surface area contributed by atoms with Gasteiger partial charge in [0.05, 0.1) is 42.5 Å². The van der Waals surface area contributed by atoms with E-state index in [4.69, 9.17) is 51.1 Å². The van der Waals surface area contributed by atoms with Crippen LogP contribution in [-0.2, 0) is 41.4 Å². The molecule has 0 aliphatic rings. The van der Waals surface area contributed by atoms with E-state index in [0.717, 1.165) is 12.1 Å². The first kappa shape index (κ1) is 57.0. The highest BCUT2D eigenvalue weighted by molar-refractivity contribution is 9.10. The molecule has 0 unspecified atom stereocenters. The van der Waals surface area contributed by atoms with E-state index in [1.165, 1.54) is 75.8 Å². The molecule has 0 radical (unpaired) electrons. The second-order valence-corrected chi connectivity index (χ2v) is 17.4. The summed E-state index contributed by atoms with van der Waals surface area (Å²) in [4.78, 5) is 55.1. The van der Waals surface area contributed by atoms with Gasteiger partial charge in [0, 0.05) is 62.6 Å². The van der Waals surface area contributed by atoms with Crippen molar-refractivity contribution in [3.05, 3.63) is 188 Å². The molecule has 0 aliphatic heterocycles. The van der Waals surface area contributed by atoms with Crippen molar-refractivity contribution < 1.29 is 50.4 Å². The summed E-state index contributed by atoms with van der Waals surface area (Å²) in [7, 11) is 1.51. The van der Waals surface area contributed by atoms with E-state index in [0.29, 0.717) is 44.7 Å². The van der Waals surface area contributed by atoms with Crippen LogP contribution in [0, 0.1) is 24.0 Å². The fraction of sp³-hybridized carbons (Fsp3) is 0.229. The zero-order chi connectivity index (χ0) is 52.1. The number of aromatic nitrogens is 2. The van der Waals surface area contributed by atoms with Crippen molar-refractivity contribution in [3.8, 4) is 0 Å². The Morgan fingerprint density at radius 3 is 2.00 bits per heavy atom. The van der Waals surface area contributed by atoms with E-state index in [1.807, 2.05) is 0 Å². The summed E-state index contributed by atoms with van der Waals surface area (Å²) >= 11 is 27.3. The quantitative estimate of drug-likeness (QED) is 0.0201. The number of nitro groups is 1. The zero-order valence-electron chi connectivity index (χ0n) is 37.2. The van der Waals surface area contributed by atoms with Crippen molar-refractivity contribution in [2.24, 2.45) is 0 Å². The molecule has 0 atom stereocenters. The minimum absolute atomic E-state index is 0.00440. The molecule has 0 fully saturated rings. The van der Waals surface area contributed by atoms with E-state index in [-0.39, 0.29) is 86.4 Å². The van der Waals surface area contributed by atoms with E-state index in [9.17, 15) is 50.8 Å². The second kappa shape index (κ2) is 25.5. The third-order valence-electron chi connectivity index (χ3n) is 9.99. The summed E-state index contributed by atoms with van der Waals surface area (Å²) in [5, 5.41) is 14.0. The highest BCUT2D eigenvalue weighted by atomic mass is 79.9. The molecule has 2 heterocycles. The first-order chi connectivity index (χ1) is 32.9. The maximum atomic E-state index is 13.3. The van der Waals surface area contributed by atoms with Gasteiger partial charge < -0.3 is 15.0 Å². The minimum atomic E-state index is -4.47. The fourth-order valence-electron chi connectivity index (χ4n) is 6.45. The number of ether oxygens (including phenoxy) is 1. The number of Topliss-reactive ketones (excluding diaryl/α,β-unsaturated/α-hetero) is 1. The first-order valence-electron chi connectivity index (χ1n) is 20.4. The molecule has 2 aromatic heterocycles. The predicted octanol–water partition coefficient (Wildman–Crippen LogP) is 14.6. The fourth-order valence-corrected chi connectivity index (χ4v) is 7.74. The van der Waals surface area contributed by atoms with Gasteiger partial charge >= 0.3 is 12.4 Å². The minimum Gasteiger partial charge on any atom is -0.379 e. The Kier molecular flexibility index (Phi) is 20.7. The van der Waals surface area contributed by atoms with Gasteiger partial charge in [0.1, 0.15) is 27.8 Å². The molecule has 0 saturated carbocycles. The van der Waals surface area contributed by atoms with Gasteiger partial charge in [-0.3, -0.25) is 24.5 Å². The molecule has 1 N–H and O–H groups in total. The maximum absolute atomic E-state index is 13.3. The van der Waals surface area contributed by atoms with Gasteiger partial charge in [0.2, 0.25) is 5.78 Å². The van der Waals surface area contributed by atoms with Crippen molar-refractivity contribution in [2.75, 3.05) is 24.1 Å². The van der Waals surface area contributed by atoms with Gasteiger partial charge in [0.15, 0.2) is 6.29 Å². The number of aryl methyl sites for hydroxylation is 2. The van der Waals surface area contributed by atoms with Gasteiger partial charge in [-0.1, -0.05) is 95.8 Å². The Morgan fingerprint density at radius 2 is 1.41 bits per heavy atom. The third kappa shape index (κ3) is 15.7. The molecular weight excluding hydrogens is 1080 g/mol. The standard InChI is InChI=1S/C25H21Cl2F3N2O2.C16H15BrClF3N2O.C7H4ClNO3/c1-3-18(33)10-16-5-4-6-19(22(16)27)24(34)23-21(11-17(26)13-32-23)31-12-15-8-7-14(2)20(9-15)25(28,29)30;1-10-3-4-11(5-13(10)16(19,20)21)8-23(9-24-2)14-6-12(18)7-22-15(14)17;8-7-5(4-10)2-1-3-6(7)9(11)12/h4-9,11,13,31H,3,10,12H2,1-2H3;3-7H,8-9H2,1-2H3;1-4H. The molecule has 70 heavy (non-hydrogen) atoms. The van der Waals surface area contributed by atoms with Crippen molar-refractivity contribution in [1.29, 1.82) is 0 Å². The monoisotopic (exact) mass is 1120 g/mol. The third-order valence-corrected chi connectivity index (χ3v) is 11.9. The van der Waals surface area contributed by atoms with Crippen LogP contribution in [0.4, 0.5) is 43.4 Å². The lowest BCUT2D eigenvalue weighted by molar-refractivity contribution is -0.384. The number of anilines is 2. The molecule has 6 rings (SSSR count). The summed E-state index contributed by atoms with van der Waals surface area (Å²) in [6, 6.07) is 20.4. The van der Waals surface area contributed by atoms with Crippen LogP contribution in [0.1, 0.15) is 78.7 Å². The highest BCUT2D eigenvalue weighted by Crippen LogP contribution is 2.36. The largest absolute Gasteiger partial charge is 0.416 e. The number of nitrogens with zero attached hydrogens (tertiary/aromatic N) is 4. The van der Waals surface area contributed by atoms with Crippen LogP contribution in [-0.4, -0.2) is 46.6 Å². The molecule has 0 saturated heterocycles. The first-order valence-corrected chi connectivity index (χ1v) is 22.7. The molecule has 4 aromatic carbocycles. The van der Waals surface area contributed by atoms with Crippen LogP contribution in [0.5, 0.6) is 0 Å². The molecule has 370 valence electrons. The summed E-state index contributed by atoms with van der Waals surface area (Å²) < 4.78 is 84.7. The van der Waals surface area contributed by atoms with Crippen LogP contribution < -0.4 is 10.2 Å². The van der Waals surface area contributed by atoms with Gasteiger partial charge in [-0.25, -0.2) is 9.97 Å². The van der Waals surface area contributed by atoms with E-state index in [2.05, 4.69) is 31.2 Å². The Balaban J connectivity index is 0.000000256. The number of carbonyl (C=O) groups is 3. The molecule has 0 bridgehead atoms. The zero-order valence-corrected chi connectivity index (χ0v) is 41.9. The number of hydrogen-bond acceptors (Lipinski definition) is 10. The lowest BCUT2D eigenvalue weighted by Crippen LogP contribution is -2.26. The summed E-state index contributed by atoms with van der Waals surface area (Å²) in [5.41, 5.74) is 1.29. The van der Waals surface area contributed by atoms with E-state index < -0.39 is 34.2 Å². The van der Waals surface area contributed by atoms with Crippen LogP contribution in [0.25, 0.3) is 0 Å². The summed E-state index contributed by atoms with van der Waals surface area (Å²) in [5.74, 6) is -0.523. The number of methoxy groups -OCH3 is 1. The number of nitro benzene ring substituents is 1. The topological polar surface area (TPSA) is 145 Å². The number of alkyl halides is 6. The Hall–Kier alpha value is -5.63. The van der Waals surface area contributed by atoms with Crippen LogP contribution in [0.2, 0.25) is 20.1 Å². The van der Waals surface area contributed by atoms with Gasteiger partial charge in [-0.15, -0.1) is 0 Å². The van der Waals surface area contributed by atoms with E-state index >= 15 is 0 Å². The Labute approximate surface area is 426 Å². The van der Waals surface area contributed by atoms with Gasteiger partial charge in [-0.2, -0.15) is 26.3 Å². The molecule has 0 amide bonds. The molecule has 0 spiro atoms. The Morgan fingerprint density at radius 1 is 0.829 bits per heavy atom. The van der Waals surface area contributed by atoms with Gasteiger partial charge in [-0.05, 0) is 94.0 Å². The van der Waals surface area contributed by atoms with Gasteiger partial charge in [0.25, 0.3) is 5.69 Å². The maximum Gasteiger partial charge on any atom is 0.416 e. The van der Waals surface area contributed by atoms with Crippen molar-refractivity contribution in [3.63, 3.8) is 0 Å². The molecular formula is C48H40BrCl4F6N5O6. The number of pyridine rings is 2. The number of carbonyl (C=O) groups excluding carboxylic acids is 3. The normalized spacial score (nSPS) is 11.1. The summed E-state index contributed by atoms with van der Waals surface area (Å²) in [6.07, 6.45) is -5.15. The number of halogens is 11. The smallest absolute Gasteiger partial charge is 0.379 e. The Bertz CT molecular complexity index is 2870. The highest BCUT2D eigenvalue weighted by Gasteiger charge is 2.33. The number of ketones is 2. The average Bonchev–Trinajstić information content (AvgIpc) is 3.30. The van der Waals surface area contributed by atoms with Crippen LogP contribution in [0.15, 0.2) is 102 Å². The molecule has 0 aliphatic carbocycles. The second-order valence-electron chi connectivity index (χ2n) is 15.0. The van der Waals surface area contributed by atoms with E-state index in [1.54, 1.807) is 42.2 Å². The lowest BCUT2D eigenvalue weighted by Gasteiger charge is -2.25. The predicted molar refractivity (Wildman–Crippen MR) is 261 cm³/mol. The van der Waals surface area contributed by atoms with Crippen LogP contribution >= 0.6 is 62.3 Å².